The maximum absolute atomic E-state index is 9.92. The van der Waals surface area contributed by atoms with Crippen LogP contribution < -0.4 is 11.1 Å². The van der Waals surface area contributed by atoms with Crippen molar-refractivity contribution < 1.29 is 4.79 Å². The smallest absolute Gasteiger partial charge is 0.219 e. The van der Waals surface area contributed by atoms with Crippen LogP contribution in [0.2, 0.25) is 0 Å². The van der Waals surface area contributed by atoms with Crippen molar-refractivity contribution in [3.63, 3.8) is 0 Å². The van der Waals surface area contributed by atoms with Crippen molar-refractivity contribution >= 4 is 5.91 Å². The number of hydrogen-bond acceptors (Lipinski definition) is 2. The van der Waals surface area contributed by atoms with E-state index in [1.165, 1.54) is 6.54 Å². The molecule has 3 heteroatoms. The van der Waals surface area contributed by atoms with Gasteiger partial charge in [0.1, 0.15) is 0 Å². The highest BCUT2D eigenvalue weighted by Crippen LogP contribution is 2.08. The lowest BCUT2D eigenvalue weighted by Crippen LogP contribution is -2.17. The minimum Gasteiger partial charge on any atom is -0.369 e. The average Bonchev–Trinajstić information content (AvgIpc) is 2.68. The first kappa shape index (κ1) is 11.4. The number of hydrogen-bond donors (Lipinski definition) is 2. The molecule has 1 atom stereocenters. The Labute approximate surface area is 74.7 Å². The molecule has 1 saturated heterocycles. The monoisotopic (exact) mass is 172 g/mol. The third-order valence-electron chi connectivity index (χ3n) is 1.81. The molecule has 3 nitrogen and oxygen atoms in total. The molecule has 0 bridgehead atoms. The molecule has 0 spiro atoms. The van der Waals surface area contributed by atoms with Crippen LogP contribution in [0.5, 0.6) is 0 Å². The molecule has 0 saturated carbocycles. The molecule has 12 heavy (non-hydrogen) atoms. The summed E-state index contributed by atoms with van der Waals surface area (Å²) in [4.78, 5) is 9.92. The summed E-state index contributed by atoms with van der Waals surface area (Å²) in [6.45, 7) is 9.26. The van der Waals surface area contributed by atoms with Crippen molar-refractivity contribution in [2.75, 3.05) is 6.54 Å². The molecule has 0 radical (unpaired) electrons. The molecular formula is C9H20N2O. The van der Waals surface area contributed by atoms with Crippen LogP contribution in [0.15, 0.2) is 0 Å². The van der Waals surface area contributed by atoms with E-state index in [1.54, 1.807) is 13.8 Å². The Morgan fingerprint density at radius 3 is 1.75 bits per heavy atom. The van der Waals surface area contributed by atoms with Gasteiger partial charge in [-0.2, -0.15) is 0 Å². The van der Waals surface area contributed by atoms with Gasteiger partial charge in [0.15, 0.2) is 0 Å². The lowest BCUT2D eigenvalue weighted by molar-refractivity contribution is -0.120. The van der Waals surface area contributed by atoms with E-state index in [0.717, 1.165) is 12.0 Å². The van der Waals surface area contributed by atoms with Gasteiger partial charge < -0.3 is 11.1 Å². The maximum atomic E-state index is 9.92. The standard InChI is InChI=1S/C5H11N.C4H9NO/c1-4(2)5-3-6-5;1-3(2)4(5)6/h4-6H,3H2,1-2H3;3H,1-2H3,(H2,5,6). The molecule has 72 valence electrons. The van der Waals surface area contributed by atoms with Crippen molar-refractivity contribution in [3.05, 3.63) is 0 Å². The first-order valence-electron chi connectivity index (χ1n) is 4.47. The molecule has 1 amide bonds. The molecule has 0 aliphatic carbocycles. The Hall–Kier alpha value is -0.570. The summed E-state index contributed by atoms with van der Waals surface area (Å²) in [6.07, 6.45) is 0. The fourth-order valence-corrected chi connectivity index (χ4v) is 0.539. The molecule has 1 heterocycles. The summed E-state index contributed by atoms with van der Waals surface area (Å²) < 4.78 is 0. The third kappa shape index (κ3) is 6.16. The van der Waals surface area contributed by atoms with Crippen LogP contribution in [0.3, 0.4) is 0 Å². The zero-order valence-corrected chi connectivity index (χ0v) is 8.42. The second-order valence-corrected chi connectivity index (χ2v) is 3.82. The zero-order chi connectivity index (χ0) is 9.72. The van der Waals surface area contributed by atoms with E-state index in [0.29, 0.717) is 0 Å². The first-order valence-corrected chi connectivity index (χ1v) is 4.47. The zero-order valence-electron chi connectivity index (χ0n) is 8.42. The Balaban J connectivity index is 0.000000202. The van der Waals surface area contributed by atoms with Crippen molar-refractivity contribution in [1.29, 1.82) is 0 Å². The Bertz CT molecular complexity index is 139. The van der Waals surface area contributed by atoms with Gasteiger partial charge in [-0.1, -0.05) is 27.7 Å². The van der Waals surface area contributed by atoms with E-state index in [1.807, 2.05) is 0 Å². The van der Waals surface area contributed by atoms with E-state index in [4.69, 9.17) is 5.73 Å². The van der Waals surface area contributed by atoms with Gasteiger partial charge in [-0.3, -0.25) is 4.79 Å². The summed E-state index contributed by atoms with van der Waals surface area (Å²) in [5.74, 6) is 0.602. The van der Waals surface area contributed by atoms with E-state index < -0.39 is 0 Å². The van der Waals surface area contributed by atoms with E-state index in [9.17, 15) is 4.79 Å². The maximum Gasteiger partial charge on any atom is 0.219 e. The molecule has 1 rings (SSSR count). The second-order valence-electron chi connectivity index (χ2n) is 3.82. The van der Waals surface area contributed by atoms with Crippen LogP contribution in [0.25, 0.3) is 0 Å². The molecule has 0 aromatic heterocycles. The van der Waals surface area contributed by atoms with Crippen LogP contribution in [0.4, 0.5) is 0 Å². The normalized spacial score (nSPS) is 20.3. The van der Waals surface area contributed by atoms with Crippen molar-refractivity contribution in [1.82, 2.24) is 5.32 Å². The van der Waals surface area contributed by atoms with E-state index in [2.05, 4.69) is 19.2 Å². The van der Waals surface area contributed by atoms with Gasteiger partial charge in [-0.05, 0) is 5.92 Å². The lowest BCUT2D eigenvalue weighted by atomic mass is 10.1. The van der Waals surface area contributed by atoms with Crippen molar-refractivity contribution in [2.24, 2.45) is 17.6 Å². The predicted molar refractivity (Wildman–Crippen MR) is 50.7 cm³/mol. The van der Waals surface area contributed by atoms with Gasteiger partial charge in [0, 0.05) is 18.5 Å². The largest absolute Gasteiger partial charge is 0.369 e. The van der Waals surface area contributed by atoms with Crippen LogP contribution in [0.1, 0.15) is 27.7 Å². The second kappa shape index (κ2) is 5.14. The fraction of sp³-hybridized carbons (Fsp3) is 0.889. The molecule has 1 aliphatic rings. The quantitative estimate of drug-likeness (QED) is 0.603. The molecule has 0 aromatic carbocycles. The Kier molecular flexibility index (Phi) is 4.90. The highest BCUT2D eigenvalue weighted by molar-refractivity contribution is 5.75. The Morgan fingerprint density at radius 2 is 1.75 bits per heavy atom. The van der Waals surface area contributed by atoms with Crippen molar-refractivity contribution in [3.8, 4) is 0 Å². The topological polar surface area (TPSA) is 65.0 Å². The predicted octanol–water partition coefficient (Wildman–Crippen LogP) is 0.742. The number of amides is 1. The van der Waals surface area contributed by atoms with Crippen LogP contribution in [-0.4, -0.2) is 18.5 Å². The van der Waals surface area contributed by atoms with Gasteiger partial charge >= 0.3 is 0 Å². The number of nitrogens with two attached hydrogens (primary N) is 1. The number of carbonyl (C=O) groups is 1. The molecule has 1 aliphatic heterocycles. The minimum atomic E-state index is -0.241. The van der Waals surface area contributed by atoms with E-state index in [-0.39, 0.29) is 11.8 Å². The van der Waals surface area contributed by atoms with Gasteiger partial charge in [-0.15, -0.1) is 0 Å². The first-order chi connectivity index (χ1) is 5.45. The van der Waals surface area contributed by atoms with Gasteiger partial charge in [0.25, 0.3) is 0 Å². The van der Waals surface area contributed by atoms with Crippen LogP contribution in [0, 0.1) is 11.8 Å². The summed E-state index contributed by atoms with van der Waals surface area (Å²) >= 11 is 0. The molecule has 0 aromatic rings. The summed E-state index contributed by atoms with van der Waals surface area (Å²) in [6, 6.07) is 0.852. The summed E-state index contributed by atoms with van der Waals surface area (Å²) in [5, 5.41) is 3.23. The molecule has 1 unspecified atom stereocenters. The SMILES string of the molecule is CC(C)C(N)=O.CC(C)C1CN1. The highest BCUT2D eigenvalue weighted by atomic mass is 16.1. The van der Waals surface area contributed by atoms with Crippen molar-refractivity contribution in [2.45, 2.75) is 33.7 Å². The minimum absolute atomic E-state index is 0.00926. The summed E-state index contributed by atoms with van der Waals surface area (Å²) in [5.41, 5.74) is 4.80. The van der Waals surface area contributed by atoms with E-state index >= 15 is 0 Å². The van der Waals surface area contributed by atoms with Crippen LogP contribution in [-0.2, 0) is 4.79 Å². The number of nitrogens with one attached hydrogen (secondary N) is 1. The Morgan fingerprint density at radius 1 is 1.42 bits per heavy atom. The van der Waals surface area contributed by atoms with Crippen LogP contribution >= 0.6 is 0 Å². The molecular weight excluding hydrogens is 152 g/mol. The number of primary amides is 1. The molecule has 3 N–H and O–H groups in total. The van der Waals surface area contributed by atoms with Gasteiger partial charge in [0.2, 0.25) is 5.91 Å². The number of carbonyl (C=O) groups excluding carboxylic acids is 1. The fourth-order valence-electron chi connectivity index (χ4n) is 0.539. The lowest BCUT2D eigenvalue weighted by Gasteiger charge is -1.92. The third-order valence-corrected chi connectivity index (χ3v) is 1.81. The van der Waals surface area contributed by atoms with Gasteiger partial charge in [-0.25, -0.2) is 0 Å². The number of rotatable bonds is 2. The highest BCUT2D eigenvalue weighted by Gasteiger charge is 2.22. The average molecular weight is 172 g/mol. The summed E-state index contributed by atoms with van der Waals surface area (Å²) in [7, 11) is 0. The molecule has 1 fully saturated rings. The van der Waals surface area contributed by atoms with Gasteiger partial charge in [0.05, 0.1) is 0 Å².